The van der Waals surface area contributed by atoms with E-state index in [0.717, 1.165) is 11.4 Å². The number of carbonyl (C=O) groups is 1. The Bertz CT molecular complexity index is 563. The van der Waals surface area contributed by atoms with Crippen LogP contribution in [0.4, 0.5) is 0 Å². The predicted molar refractivity (Wildman–Crippen MR) is 88.6 cm³/mol. The number of nitrogens with zero attached hydrogens (tertiary/aromatic N) is 1. The molecule has 1 atom stereocenters. The molecule has 20 heavy (non-hydrogen) atoms. The standard InChI is InChI=1S/C14H18N2OS3/c1-9-4-13(11(3)20-9)10(2)16-14(17)7-18-5-12-6-19-8-15-12/h4,6,8,10H,5,7H2,1-3H3,(H,16,17)/t10-/m0/s1. The fourth-order valence-corrected chi connectivity index (χ4v) is 4.42. The minimum atomic E-state index is 0.0762. The number of aryl methyl sites for hydroxylation is 2. The van der Waals surface area contributed by atoms with E-state index in [4.69, 9.17) is 0 Å². The molecule has 0 aliphatic rings. The molecule has 108 valence electrons. The lowest BCUT2D eigenvalue weighted by Crippen LogP contribution is -2.28. The van der Waals surface area contributed by atoms with Crippen LogP contribution in [0, 0.1) is 13.8 Å². The van der Waals surface area contributed by atoms with Crippen molar-refractivity contribution in [2.75, 3.05) is 5.75 Å². The van der Waals surface area contributed by atoms with Gasteiger partial charge in [-0.2, -0.15) is 0 Å². The lowest BCUT2D eigenvalue weighted by atomic mass is 10.1. The van der Waals surface area contributed by atoms with Gasteiger partial charge >= 0.3 is 0 Å². The quantitative estimate of drug-likeness (QED) is 0.874. The Hall–Kier alpha value is -0.850. The molecule has 2 aromatic heterocycles. The summed E-state index contributed by atoms with van der Waals surface area (Å²) in [5.41, 5.74) is 4.09. The maximum absolute atomic E-state index is 11.9. The summed E-state index contributed by atoms with van der Waals surface area (Å²) in [6.45, 7) is 6.24. The zero-order chi connectivity index (χ0) is 14.5. The molecular formula is C14H18N2OS3. The number of aromatic nitrogens is 1. The highest BCUT2D eigenvalue weighted by Gasteiger charge is 2.13. The second-order valence-corrected chi connectivity index (χ2v) is 7.80. The number of hydrogen-bond donors (Lipinski definition) is 1. The Morgan fingerprint density at radius 2 is 2.30 bits per heavy atom. The van der Waals surface area contributed by atoms with E-state index in [1.807, 2.05) is 17.8 Å². The molecule has 2 aromatic rings. The molecular weight excluding hydrogens is 308 g/mol. The lowest BCUT2D eigenvalue weighted by molar-refractivity contribution is -0.119. The summed E-state index contributed by atoms with van der Waals surface area (Å²) in [7, 11) is 0. The van der Waals surface area contributed by atoms with Crippen molar-refractivity contribution in [2.45, 2.75) is 32.6 Å². The van der Waals surface area contributed by atoms with E-state index in [9.17, 15) is 4.79 Å². The first-order valence-corrected chi connectivity index (χ1v) is 9.28. The first kappa shape index (κ1) is 15.5. The summed E-state index contributed by atoms with van der Waals surface area (Å²) in [5, 5.41) is 5.08. The van der Waals surface area contributed by atoms with Gasteiger partial charge in [0, 0.05) is 20.9 Å². The number of thiophene rings is 1. The van der Waals surface area contributed by atoms with Gasteiger partial charge < -0.3 is 5.32 Å². The molecule has 3 nitrogen and oxygen atoms in total. The van der Waals surface area contributed by atoms with Crippen LogP contribution in [0.1, 0.15) is 34.0 Å². The Morgan fingerprint density at radius 3 is 2.90 bits per heavy atom. The largest absolute Gasteiger partial charge is 0.349 e. The van der Waals surface area contributed by atoms with Gasteiger partial charge in [0.2, 0.25) is 5.91 Å². The van der Waals surface area contributed by atoms with Crippen LogP contribution in [0.3, 0.4) is 0 Å². The maximum Gasteiger partial charge on any atom is 0.230 e. The highest BCUT2D eigenvalue weighted by molar-refractivity contribution is 7.99. The Labute approximate surface area is 131 Å². The minimum Gasteiger partial charge on any atom is -0.349 e. The number of hydrogen-bond acceptors (Lipinski definition) is 5. The van der Waals surface area contributed by atoms with Gasteiger partial charge in [0.25, 0.3) is 0 Å². The van der Waals surface area contributed by atoms with Crippen molar-refractivity contribution in [3.05, 3.63) is 38.0 Å². The molecule has 0 unspecified atom stereocenters. The Kier molecular flexibility index (Phi) is 5.63. The second-order valence-electron chi connectivity index (χ2n) is 4.63. The number of amides is 1. The van der Waals surface area contributed by atoms with E-state index in [-0.39, 0.29) is 11.9 Å². The molecule has 0 fully saturated rings. The SMILES string of the molecule is Cc1cc([C@H](C)NC(=O)CSCc2cscn2)c(C)s1. The van der Waals surface area contributed by atoms with Crippen LogP contribution < -0.4 is 5.32 Å². The van der Waals surface area contributed by atoms with E-state index in [2.05, 4.69) is 30.2 Å². The molecule has 0 aromatic carbocycles. The first-order chi connectivity index (χ1) is 9.56. The molecule has 0 saturated heterocycles. The monoisotopic (exact) mass is 326 g/mol. The number of thioether (sulfide) groups is 1. The van der Waals surface area contributed by atoms with Gasteiger partial charge in [-0.3, -0.25) is 4.79 Å². The third-order valence-corrected chi connectivity index (χ3v) is 5.47. The van der Waals surface area contributed by atoms with Crippen molar-refractivity contribution in [1.29, 1.82) is 0 Å². The van der Waals surface area contributed by atoms with Crippen LogP contribution >= 0.6 is 34.4 Å². The van der Waals surface area contributed by atoms with Crippen molar-refractivity contribution in [3.8, 4) is 0 Å². The fraction of sp³-hybridized carbons (Fsp3) is 0.429. The van der Waals surface area contributed by atoms with Crippen LogP contribution in [-0.4, -0.2) is 16.6 Å². The summed E-state index contributed by atoms with van der Waals surface area (Å²) >= 11 is 4.96. The van der Waals surface area contributed by atoms with Crippen LogP contribution in [0.15, 0.2) is 17.0 Å². The van der Waals surface area contributed by atoms with Gasteiger partial charge in [-0.05, 0) is 32.4 Å². The molecule has 0 bridgehead atoms. The van der Waals surface area contributed by atoms with E-state index >= 15 is 0 Å². The first-order valence-electron chi connectivity index (χ1n) is 6.37. The van der Waals surface area contributed by atoms with Gasteiger partial charge in [0.05, 0.1) is 23.0 Å². The molecule has 1 N–H and O–H groups in total. The van der Waals surface area contributed by atoms with Gasteiger partial charge in [-0.1, -0.05) is 0 Å². The molecule has 0 aliphatic heterocycles. The average molecular weight is 327 g/mol. The minimum absolute atomic E-state index is 0.0762. The summed E-state index contributed by atoms with van der Waals surface area (Å²) in [6, 6.07) is 2.24. The molecule has 6 heteroatoms. The summed E-state index contributed by atoms with van der Waals surface area (Å²) in [4.78, 5) is 18.7. The van der Waals surface area contributed by atoms with Crippen molar-refractivity contribution in [2.24, 2.45) is 0 Å². The molecule has 1 amide bonds. The van der Waals surface area contributed by atoms with Gasteiger partial charge in [-0.15, -0.1) is 34.4 Å². The van der Waals surface area contributed by atoms with E-state index in [0.29, 0.717) is 5.75 Å². The van der Waals surface area contributed by atoms with Crippen LogP contribution in [-0.2, 0) is 10.5 Å². The maximum atomic E-state index is 11.9. The zero-order valence-electron chi connectivity index (χ0n) is 11.8. The smallest absolute Gasteiger partial charge is 0.230 e. The number of rotatable bonds is 6. The average Bonchev–Trinajstić information content (AvgIpc) is 2.99. The third kappa shape index (κ3) is 4.33. The predicted octanol–water partition coefficient (Wildman–Crippen LogP) is 3.93. The Morgan fingerprint density at radius 1 is 1.50 bits per heavy atom. The van der Waals surface area contributed by atoms with E-state index < -0.39 is 0 Å². The fourth-order valence-electron chi connectivity index (χ4n) is 2.00. The summed E-state index contributed by atoms with van der Waals surface area (Å²) in [5.74, 6) is 1.35. The number of thiazole rings is 1. The molecule has 0 aliphatic carbocycles. The molecule has 0 saturated carbocycles. The van der Waals surface area contributed by atoms with Crippen LogP contribution in [0.2, 0.25) is 0 Å². The highest BCUT2D eigenvalue weighted by atomic mass is 32.2. The van der Waals surface area contributed by atoms with Crippen molar-refractivity contribution >= 4 is 40.3 Å². The van der Waals surface area contributed by atoms with Crippen molar-refractivity contribution < 1.29 is 4.79 Å². The zero-order valence-corrected chi connectivity index (χ0v) is 14.3. The molecule has 0 radical (unpaired) electrons. The topological polar surface area (TPSA) is 42.0 Å². The van der Waals surface area contributed by atoms with Crippen LogP contribution in [0.25, 0.3) is 0 Å². The summed E-state index contributed by atoms with van der Waals surface area (Å²) in [6.07, 6.45) is 0. The summed E-state index contributed by atoms with van der Waals surface area (Å²) < 4.78 is 0. The molecule has 2 rings (SSSR count). The van der Waals surface area contributed by atoms with Crippen molar-refractivity contribution in [3.63, 3.8) is 0 Å². The molecule has 0 spiro atoms. The second kappa shape index (κ2) is 7.24. The number of nitrogens with one attached hydrogen (secondary N) is 1. The number of carbonyl (C=O) groups excluding carboxylic acids is 1. The van der Waals surface area contributed by atoms with Gasteiger partial charge in [0.15, 0.2) is 0 Å². The van der Waals surface area contributed by atoms with E-state index in [1.165, 1.54) is 15.3 Å². The third-order valence-electron chi connectivity index (χ3n) is 2.89. The van der Waals surface area contributed by atoms with Gasteiger partial charge in [-0.25, -0.2) is 4.98 Å². The Balaban J connectivity index is 1.77. The lowest BCUT2D eigenvalue weighted by Gasteiger charge is -2.13. The van der Waals surface area contributed by atoms with Gasteiger partial charge in [0.1, 0.15) is 0 Å². The van der Waals surface area contributed by atoms with E-state index in [1.54, 1.807) is 34.4 Å². The molecule has 2 heterocycles. The van der Waals surface area contributed by atoms with Crippen molar-refractivity contribution in [1.82, 2.24) is 10.3 Å². The normalized spacial score (nSPS) is 12.3. The van der Waals surface area contributed by atoms with Crippen LogP contribution in [0.5, 0.6) is 0 Å². The highest BCUT2D eigenvalue weighted by Crippen LogP contribution is 2.26.